The van der Waals surface area contributed by atoms with Crippen LogP contribution in [0.25, 0.3) is 0 Å². The molecule has 20 heavy (non-hydrogen) atoms. The largest absolute Gasteiger partial charge is 0.355 e. The third-order valence-electron chi connectivity index (χ3n) is 3.49. The lowest BCUT2D eigenvalue weighted by molar-refractivity contribution is -0.122. The Balaban J connectivity index is 1.78. The average Bonchev–Trinajstić information content (AvgIpc) is 3.12. The zero-order valence-electron chi connectivity index (χ0n) is 11.7. The number of sulfonamides is 1. The van der Waals surface area contributed by atoms with Crippen LogP contribution in [0, 0.1) is 18.8 Å². The van der Waals surface area contributed by atoms with E-state index in [4.69, 9.17) is 0 Å². The molecule has 2 N–H and O–H groups in total. The highest BCUT2D eigenvalue weighted by atomic mass is 32.2. The maximum atomic E-state index is 12.0. The van der Waals surface area contributed by atoms with E-state index in [1.807, 2.05) is 13.8 Å². The Morgan fingerprint density at radius 1 is 1.25 bits per heavy atom. The second-order valence-electron chi connectivity index (χ2n) is 5.32. The number of rotatable bonds is 6. The van der Waals surface area contributed by atoms with Crippen LogP contribution in [0.1, 0.15) is 18.9 Å². The number of carbonyl (C=O) groups is 1. The van der Waals surface area contributed by atoms with Crippen molar-refractivity contribution in [1.82, 2.24) is 10.0 Å². The summed E-state index contributed by atoms with van der Waals surface area (Å²) >= 11 is 0. The molecule has 1 amide bonds. The number of amides is 1. The quantitative estimate of drug-likeness (QED) is 0.770. The molecule has 0 radical (unpaired) electrons. The summed E-state index contributed by atoms with van der Waals surface area (Å²) in [7, 11) is -3.49. The monoisotopic (exact) mass is 296 g/mol. The minimum Gasteiger partial charge on any atom is -0.355 e. The zero-order valence-corrected chi connectivity index (χ0v) is 12.5. The summed E-state index contributed by atoms with van der Waals surface area (Å²) in [5.74, 6) is 0.593. The lowest BCUT2D eigenvalue weighted by atomic mass is 10.2. The van der Waals surface area contributed by atoms with Crippen LogP contribution in [-0.2, 0) is 14.8 Å². The van der Waals surface area contributed by atoms with Gasteiger partial charge in [-0.15, -0.1) is 0 Å². The van der Waals surface area contributed by atoms with Gasteiger partial charge in [-0.1, -0.05) is 24.6 Å². The Hall–Kier alpha value is -1.40. The summed E-state index contributed by atoms with van der Waals surface area (Å²) in [6.07, 6.45) is 0.931. The van der Waals surface area contributed by atoms with Crippen molar-refractivity contribution in [3.8, 4) is 0 Å². The van der Waals surface area contributed by atoms with E-state index in [0.717, 1.165) is 12.0 Å². The molecule has 0 aromatic heterocycles. The highest BCUT2D eigenvalue weighted by molar-refractivity contribution is 7.89. The molecule has 1 saturated carbocycles. The third-order valence-corrected chi connectivity index (χ3v) is 4.97. The number of benzene rings is 1. The summed E-state index contributed by atoms with van der Waals surface area (Å²) in [5.41, 5.74) is 1.01. The fraction of sp³-hybridized carbons (Fsp3) is 0.500. The van der Waals surface area contributed by atoms with Gasteiger partial charge in [0.05, 0.1) is 4.90 Å². The molecule has 110 valence electrons. The van der Waals surface area contributed by atoms with E-state index in [-0.39, 0.29) is 23.3 Å². The van der Waals surface area contributed by atoms with Crippen molar-refractivity contribution < 1.29 is 13.2 Å². The molecule has 2 unspecified atom stereocenters. The van der Waals surface area contributed by atoms with Gasteiger partial charge in [-0.2, -0.15) is 0 Å². The summed E-state index contributed by atoms with van der Waals surface area (Å²) in [6.45, 7) is 4.44. The minimum atomic E-state index is -3.49. The summed E-state index contributed by atoms with van der Waals surface area (Å²) in [4.78, 5) is 11.8. The Labute approximate surface area is 119 Å². The molecule has 1 fully saturated rings. The molecule has 0 heterocycles. The van der Waals surface area contributed by atoms with Gasteiger partial charge >= 0.3 is 0 Å². The van der Waals surface area contributed by atoms with Crippen LogP contribution < -0.4 is 10.0 Å². The predicted molar refractivity (Wildman–Crippen MR) is 76.6 cm³/mol. The van der Waals surface area contributed by atoms with Gasteiger partial charge in [0.25, 0.3) is 0 Å². The Morgan fingerprint density at radius 3 is 2.40 bits per heavy atom. The van der Waals surface area contributed by atoms with E-state index in [2.05, 4.69) is 10.0 Å². The second-order valence-corrected chi connectivity index (χ2v) is 7.09. The Morgan fingerprint density at radius 2 is 1.85 bits per heavy atom. The van der Waals surface area contributed by atoms with E-state index < -0.39 is 10.0 Å². The molecule has 0 spiro atoms. The first-order valence-electron chi connectivity index (χ1n) is 6.74. The SMILES string of the molecule is Cc1ccc(S(=O)(=O)NCCNC(=O)C2CC2C)cc1. The van der Waals surface area contributed by atoms with Crippen LogP contribution in [0.15, 0.2) is 29.2 Å². The van der Waals surface area contributed by atoms with Gasteiger partial charge in [-0.25, -0.2) is 13.1 Å². The number of aryl methyl sites for hydroxylation is 1. The first-order chi connectivity index (χ1) is 9.40. The van der Waals surface area contributed by atoms with E-state index in [9.17, 15) is 13.2 Å². The van der Waals surface area contributed by atoms with Gasteiger partial charge in [0.1, 0.15) is 0 Å². The number of hydrogen-bond donors (Lipinski definition) is 2. The molecular weight excluding hydrogens is 276 g/mol. The molecule has 0 aliphatic heterocycles. The highest BCUT2D eigenvalue weighted by Crippen LogP contribution is 2.37. The molecule has 1 aliphatic carbocycles. The van der Waals surface area contributed by atoms with Crippen molar-refractivity contribution in [1.29, 1.82) is 0 Å². The zero-order chi connectivity index (χ0) is 14.8. The van der Waals surface area contributed by atoms with E-state index >= 15 is 0 Å². The molecule has 5 nitrogen and oxygen atoms in total. The van der Waals surface area contributed by atoms with Gasteiger partial charge in [-0.05, 0) is 31.4 Å². The standard InChI is InChI=1S/C14H20N2O3S/c1-10-3-5-12(6-4-10)20(18,19)16-8-7-15-14(17)13-9-11(13)2/h3-6,11,13,16H,7-9H2,1-2H3,(H,15,17). The molecule has 6 heteroatoms. The highest BCUT2D eigenvalue weighted by Gasteiger charge is 2.38. The van der Waals surface area contributed by atoms with Gasteiger partial charge in [0, 0.05) is 19.0 Å². The minimum absolute atomic E-state index is 0.0204. The summed E-state index contributed by atoms with van der Waals surface area (Å²) in [5, 5.41) is 2.74. The van der Waals surface area contributed by atoms with Crippen LogP contribution >= 0.6 is 0 Å². The number of nitrogens with one attached hydrogen (secondary N) is 2. The molecule has 0 bridgehead atoms. The third kappa shape index (κ3) is 3.80. The molecule has 0 saturated heterocycles. The van der Waals surface area contributed by atoms with Crippen LogP contribution in [0.5, 0.6) is 0 Å². The van der Waals surface area contributed by atoms with Crippen molar-refractivity contribution in [3.05, 3.63) is 29.8 Å². The Kier molecular flexibility index (Phi) is 4.45. The van der Waals surface area contributed by atoms with Crippen LogP contribution in [0.4, 0.5) is 0 Å². The fourth-order valence-electron chi connectivity index (χ4n) is 1.99. The van der Waals surface area contributed by atoms with Crippen molar-refractivity contribution in [2.75, 3.05) is 13.1 Å². The second kappa shape index (κ2) is 5.93. The van der Waals surface area contributed by atoms with E-state index in [1.165, 1.54) is 0 Å². The Bertz CT molecular complexity index is 581. The summed E-state index contributed by atoms with van der Waals surface area (Å²) < 4.78 is 26.4. The van der Waals surface area contributed by atoms with Crippen molar-refractivity contribution >= 4 is 15.9 Å². The maximum Gasteiger partial charge on any atom is 0.240 e. The molecule has 1 aromatic carbocycles. The molecule has 2 rings (SSSR count). The first-order valence-corrected chi connectivity index (χ1v) is 8.22. The van der Waals surface area contributed by atoms with Crippen LogP contribution in [0.3, 0.4) is 0 Å². The molecule has 2 atom stereocenters. The molecule has 1 aliphatic rings. The lowest BCUT2D eigenvalue weighted by Crippen LogP contribution is -2.35. The van der Waals surface area contributed by atoms with E-state index in [1.54, 1.807) is 24.3 Å². The van der Waals surface area contributed by atoms with Gasteiger partial charge in [0.2, 0.25) is 15.9 Å². The fourth-order valence-corrected chi connectivity index (χ4v) is 3.02. The van der Waals surface area contributed by atoms with Crippen molar-refractivity contribution in [2.24, 2.45) is 11.8 Å². The normalized spacial score (nSPS) is 21.5. The van der Waals surface area contributed by atoms with Crippen LogP contribution in [0.2, 0.25) is 0 Å². The maximum absolute atomic E-state index is 12.0. The van der Waals surface area contributed by atoms with Gasteiger partial charge in [0.15, 0.2) is 0 Å². The van der Waals surface area contributed by atoms with Crippen molar-refractivity contribution in [3.63, 3.8) is 0 Å². The topological polar surface area (TPSA) is 75.3 Å². The van der Waals surface area contributed by atoms with Crippen LogP contribution in [-0.4, -0.2) is 27.4 Å². The number of carbonyl (C=O) groups excluding carboxylic acids is 1. The summed E-state index contributed by atoms with van der Waals surface area (Å²) in [6, 6.07) is 6.65. The lowest BCUT2D eigenvalue weighted by Gasteiger charge is -2.08. The van der Waals surface area contributed by atoms with E-state index in [0.29, 0.717) is 12.5 Å². The van der Waals surface area contributed by atoms with Gasteiger partial charge < -0.3 is 5.32 Å². The van der Waals surface area contributed by atoms with Gasteiger partial charge in [-0.3, -0.25) is 4.79 Å². The van der Waals surface area contributed by atoms with Crippen molar-refractivity contribution in [2.45, 2.75) is 25.2 Å². The smallest absolute Gasteiger partial charge is 0.240 e. The molecular formula is C14H20N2O3S. The first kappa shape index (κ1) is 15.0. The average molecular weight is 296 g/mol. The predicted octanol–water partition coefficient (Wildman–Crippen LogP) is 1.05. The number of hydrogen-bond acceptors (Lipinski definition) is 3. The molecule has 1 aromatic rings.